The molecule has 0 bridgehead atoms. The molecule has 0 unspecified atom stereocenters. The minimum absolute atomic E-state index is 0. The van der Waals surface area contributed by atoms with E-state index < -0.39 is 5.97 Å². The fourth-order valence-corrected chi connectivity index (χ4v) is 2.05. The molecule has 0 aliphatic carbocycles. The Kier molecular flexibility index (Phi) is 11.6. The van der Waals surface area contributed by atoms with E-state index >= 15 is 0 Å². The molecule has 0 saturated carbocycles. The molecule has 1 aromatic carbocycles. The summed E-state index contributed by atoms with van der Waals surface area (Å²) in [6, 6.07) is 4.53. The van der Waals surface area contributed by atoms with Gasteiger partial charge < -0.3 is 25.1 Å². The summed E-state index contributed by atoms with van der Waals surface area (Å²) in [7, 11) is 1.49. The van der Waals surface area contributed by atoms with Crippen LogP contribution in [0.25, 0.3) is 0 Å². The molecule has 1 rings (SSSR count). The fourth-order valence-electron chi connectivity index (χ4n) is 2.05. The van der Waals surface area contributed by atoms with Crippen LogP contribution in [-0.4, -0.2) is 30.6 Å². The Morgan fingerprint density at radius 2 is 1.83 bits per heavy atom. The number of ether oxygens (including phenoxy) is 1. The number of carbonyl (C=O) groups is 2. The molecule has 0 aromatic heterocycles. The number of rotatable bonds is 10. The number of hydrogen-bond donors (Lipinski definition) is 2. The maximum atomic E-state index is 11.9. The minimum Gasteiger partial charge on any atom is -0.550 e. The average Bonchev–Trinajstić information content (AvgIpc) is 2.49. The Hall–Kier alpha value is -1.24. The quantitative estimate of drug-likeness (QED) is 0.390. The zero-order valence-electron chi connectivity index (χ0n) is 13.8. The number of nitrogens with one attached hydrogen (secondary N) is 1. The van der Waals surface area contributed by atoms with Crippen LogP contribution >= 0.6 is 0 Å². The van der Waals surface area contributed by atoms with E-state index in [-0.39, 0.29) is 53.2 Å². The number of methoxy groups -OCH3 is 1. The number of carboxylic acid groups (broad SMARTS) is 1. The summed E-state index contributed by atoms with van der Waals surface area (Å²) < 4.78 is 4.96. The van der Waals surface area contributed by atoms with Gasteiger partial charge in [0.25, 0.3) is 5.91 Å². The first-order chi connectivity index (χ1) is 10.5. The molecule has 6 nitrogen and oxygen atoms in total. The van der Waals surface area contributed by atoms with E-state index in [1.807, 2.05) is 0 Å². The summed E-state index contributed by atoms with van der Waals surface area (Å²) in [5, 5.41) is 22.7. The van der Waals surface area contributed by atoms with Gasteiger partial charge in [-0.1, -0.05) is 19.3 Å². The van der Waals surface area contributed by atoms with Crippen molar-refractivity contribution in [3.8, 4) is 11.5 Å². The van der Waals surface area contributed by atoms with E-state index in [1.165, 1.54) is 19.2 Å². The average molecular weight is 331 g/mol. The van der Waals surface area contributed by atoms with Gasteiger partial charge in [-0.2, -0.15) is 0 Å². The Morgan fingerprint density at radius 1 is 1.17 bits per heavy atom. The summed E-state index contributed by atoms with van der Waals surface area (Å²) in [5.74, 6) is -0.951. The molecule has 0 spiro atoms. The second-order valence-corrected chi connectivity index (χ2v) is 5.03. The van der Waals surface area contributed by atoms with Crippen LogP contribution in [0, 0.1) is 0 Å². The number of amides is 1. The molecule has 2 N–H and O–H groups in total. The zero-order chi connectivity index (χ0) is 16.4. The number of carboxylic acids is 1. The zero-order valence-corrected chi connectivity index (χ0v) is 15.8. The molecule has 23 heavy (non-hydrogen) atoms. The van der Waals surface area contributed by atoms with E-state index in [1.54, 1.807) is 6.07 Å². The van der Waals surface area contributed by atoms with Crippen molar-refractivity contribution >= 4 is 11.9 Å². The van der Waals surface area contributed by atoms with Crippen molar-refractivity contribution in [2.45, 2.75) is 38.5 Å². The molecule has 0 aliphatic rings. The van der Waals surface area contributed by atoms with Gasteiger partial charge in [-0.3, -0.25) is 4.79 Å². The number of hydrogen-bond acceptors (Lipinski definition) is 5. The third-order valence-corrected chi connectivity index (χ3v) is 3.29. The van der Waals surface area contributed by atoms with Crippen molar-refractivity contribution in [3.63, 3.8) is 0 Å². The molecule has 0 saturated heterocycles. The molecule has 1 amide bonds. The molecule has 7 heteroatoms. The van der Waals surface area contributed by atoms with Gasteiger partial charge >= 0.3 is 29.6 Å². The van der Waals surface area contributed by atoms with Crippen LogP contribution in [0.15, 0.2) is 18.2 Å². The van der Waals surface area contributed by atoms with Gasteiger partial charge in [0.15, 0.2) is 0 Å². The molecule has 0 heterocycles. The van der Waals surface area contributed by atoms with Gasteiger partial charge in [-0.25, -0.2) is 0 Å². The van der Waals surface area contributed by atoms with E-state index in [4.69, 9.17) is 4.74 Å². The summed E-state index contributed by atoms with van der Waals surface area (Å²) in [5.41, 5.74) is 0.217. The Labute approximate surface area is 158 Å². The smallest absolute Gasteiger partial charge is 0.550 e. The summed E-state index contributed by atoms with van der Waals surface area (Å²) >= 11 is 0. The van der Waals surface area contributed by atoms with Gasteiger partial charge in [0, 0.05) is 18.6 Å². The predicted molar refractivity (Wildman–Crippen MR) is 79.7 cm³/mol. The van der Waals surface area contributed by atoms with Gasteiger partial charge in [0.05, 0.1) is 12.7 Å². The number of aromatic hydroxyl groups is 1. The van der Waals surface area contributed by atoms with Gasteiger partial charge in [-0.05, 0) is 31.4 Å². The SMILES string of the molecule is COc1ccc(C(=O)NCCCCCCCC(=O)[O-])c(O)c1.[Na+]. The van der Waals surface area contributed by atoms with Crippen LogP contribution < -0.4 is 44.7 Å². The van der Waals surface area contributed by atoms with Gasteiger partial charge in [0.2, 0.25) is 0 Å². The van der Waals surface area contributed by atoms with Crippen molar-refractivity contribution < 1.29 is 54.1 Å². The van der Waals surface area contributed by atoms with E-state index in [0.717, 1.165) is 25.7 Å². The van der Waals surface area contributed by atoms with E-state index in [9.17, 15) is 19.8 Å². The van der Waals surface area contributed by atoms with Crippen LogP contribution in [-0.2, 0) is 4.79 Å². The number of benzene rings is 1. The number of carbonyl (C=O) groups excluding carboxylic acids is 2. The maximum absolute atomic E-state index is 11.9. The summed E-state index contributed by atoms with van der Waals surface area (Å²) in [4.78, 5) is 22.1. The molecule has 122 valence electrons. The molecule has 0 atom stereocenters. The van der Waals surface area contributed by atoms with Crippen LogP contribution in [0.4, 0.5) is 0 Å². The predicted octanol–water partition coefficient (Wildman–Crippen LogP) is -1.77. The monoisotopic (exact) mass is 331 g/mol. The van der Waals surface area contributed by atoms with Crippen molar-refractivity contribution in [3.05, 3.63) is 23.8 Å². The van der Waals surface area contributed by atoms with Crippen molar-refractivity contribution in [1.82, 2.24) is 5.32 Å². The van der Waals surface area contributed by atoms with Crippen molar-refractivity contribution in [2.24, 2.45) is 0 Å². The Bertz CT molecular complexity index is 507. The second-order valence-electron chi connectivity index (χ2n) is 5.03. The number of phenols is 1. The van der Waals surface area contributed by atoms with Crippen molar-refractivity contribution in [2.75, 3.05) is 13.7 Å². The number of aliphatic carboxylic acids is 1. The molecule has 0 radical (unpaired) electrons. The van der Waals surface area contributed by atoms with Crippen LogP contribution in [0.5, 0.6) is 11.5 Å². The first-order valence-electron chi connectivity index (χ1n) is 7.39. The van der Waals surface area contributed by atoms with Gasteiger partial charge in [0.1, 0.15) is 11.5 Å². The van der Waals surface area contributed by atoms with E-state index in [2.05, 4.69) is 5.32 Å². The second kappa shape index (κ2) is 12.2. The summed E-state index contributed by atoms with van der Waals surface area (Å²) in [6.45, 7) is 0.519. The molecule has 0 aliphatic heterocycles. The van der Waals surface area contributed by atoms with Crippen LogP contribution in [0.3, 0.4) is 0 Å². The minimum atomic E-state index is -1.01. The van der Waals surface area contributed by atoms with Crippen LogP contribution in [0.1, 0.15) is 48.9 Å². The third kappa shape index (κ3) is 8.83. The molecule has 1 aromatic rings. The van der Waals surface area contributed by atoms with Crippen LogP contribution in [0.2, 0.25) is 0 Å². The Balaban J connectivity index is 0.00000484. The molecular weight excluding hydrogens is 309 g/mol. The fraction of sp³-hybridized carbons (Fsp3) is 0.500. The third-order valence-electron chi connectivity index (χ3n) is 3.29. The number of phenolic OH excluding ortho intramolecular Hbond substituents is 1. The van der Waals surface area contributed by atoms with Gasteiger partial charge in [-0.15, -0.1) is 0 Å². The first-order valence-corrected chi connectivity index (χ1v) is 7.39. The normalized spacial score (nSPS) is 9.78. The standard InChI is InChI=1S/C16H23NO5.Na/c1-22-12-8-9-13(14(18)11-12)16(21)17-10-6-4-2-3-5-7-15(19)20;/h8-9,11,18H,2-7,10H2,1H3,(H,17,21)(H,19,20);/q;+1/p-1. The largest absolute Gasteiger partial charge is 1.00 e. The molecule has 0 fully saturated rings. The van der Waals surface area contributed by atoms with Crippen molar-refractivity contribution in [1.29, 1.82) is 0 Å². The number of unbranched alkanes of at least 4 members (excludes halogenated alkanes) is 4. The summed E-state index contributed by atoms with van der Waals surface area (Å²) in [6.07, 6.45) is 4.25. The topological polar surface area (TPSA) is 98.7 Å². The molecular formula is C16H22NNaO5. The Morgan fingerprint density at radius 3 is 2.43 bits per heavy atom. The maximum Gasteiger partial charge on any atom is 1.00 e. The first kappa shape index (κ1) is 21.8. The van der Waals surface area contributed by atoms with E-state index in [0.29, 0.717) is 18.7 Å².